The topological polar surface area (TPSA) is 104 Å². The van der Waals surface area contributed by atoms with E-state index < -0.39 is 0 Å². The van der Waals surface area contributed by atoms with Gasteiger partial charge < -0.3 is 19.5 Å². The lowest BCUT2D eigenvalue weighted by Gasteiger charge is -2.42. The second-order valence-corrected chi connectivity index (χ2v) is 9.65. The third-order valence-corrected chi connectivity index (χ3v) is 7.13. The van der Waals surface area contributed by atoms with Crippen LogP contribution in [0.4, 0.5) is 0 Å². The monoisotopic (exact) mass is 470 g/mol. The van der Waals surface area contributed by atoms with E-state index >= 15 is 0 Å². The number of aryl methyl sites for hydroxylation is 1. The highest BCUT2D eigenvalue weighted by Gasteiger charge is 2.37. The van der Waals surface area contributed by atoms with Gasteiger partial charge in [0.05, 0.1) is 11.8 Å². The lowest BCUT2D eigenvalue weighted by Crippen LogP contribution is -2.49. The Morgan fingerprint density at radius 3 is 2.68 bits per heavy atom. The largest absolute Gasteiger partial charge is 0.483 e. The fourth-order valence-electron chi connectivity index (χ4n) is 5.49. The van der Waals surface area contributed by atoms with Gasteiger partial charge in [-0.25, -0.2) is 0 Å². The molecule has 0 saturated carbocycles. The van der Waals surface area contributed by atoms with Crippen molar-refractivity contribution < 1.29 is 14.7 Å². The molecule has 0 unspecified atom stereocenters. The number of fused-ring (bicyclic) bond motifs is 4. The molecule has 2 aromatic heterocycles. The van der Waals surface area contributed by atoms with Gasteiger partial charge in [-0.3, -0.25) is 24.0 Å². The molecule has 10 nitrogen and oxygen atoms in total. The first-order valence-electron chi connectivity index (χ1n) is 11.9. The van der Waals surface area contributed by atoms with Crippen LogP contribution in [0, 0.1) is 5.92 Å². The Labute approximate surface area is 199 Å². The van der Waals surface area contributed by atoms with Gasteiger partial charge in [0.2, 0.25) is 0 Å². The molecule has 1 amide bonds. The molecule has 0 aliphatic carbocycles. The first kappa shape index (κ1) is 24.2. The Bertz CT molecular complexity index is 1080. The predicted octanol–water partition coefficient (Wildman–Crippen LogP) is 0.680. The molecule has 2 bridgehead atoms. The van der Waals surface area contributed by atoms with Gasteiger partial charge in [0.25, 0.3) is 17.9 Å². The summed E-state index contributed by atoms with van der Waals surface area (Å²) in [5.41, 5.74) is 2.79. The molecule has 3 aliphatic rings. The smallest absolute Gasteiger partial charge is 0.290 e. The molecular weight excluding hydrogens is 436 g/mol. The quantitative estimate of drug-likeness (QED) is 0.658. The van der Waals surface area contributed by atoms with Crippen LogP contribution < -0.4 is 5.56 Å². The van der Waals surface area contributed by atoms with Crippen LogP contribution in [-0.4, -0.2) is 92.8 Å². The highest BCUT2D eigenvalue weighted by molar-refractivity contribution is 5.93. The van der Waals surface area contributed by atoms with Crippen molar-refractivity contribution in [3.63, 3.8) is 0 Å². The average Bonchev–Trinajstić information content (AvgIpc) is 3.14. The molecule has 184 valence electrons. The summed E-state index contributed by atoms with van der Waals surface area (Å²) in [6.07, 6.45) is 5.61. The summed E-state index contributed by atoms with van der Waals surface area (Å²) in [7, 11) is 3.99. The molecule has 5 heterocycles. The third-order valence-electron chi connectivity index (χ3n) is 7.13. The Balaban J connectivity index is 0.000000868. The van der Waals surface area contributed by atoms with Crippen molar-refractivity contribution in [2.75, 3.05) is 46.3 Å². The van der Waals surface area contributed by atoms with E-state index in [1.54, 1.807) is 17.1 Å². The Morgan fingerprint density at radius 1 is 1.15 bits per heavy atom. The van der Waals surface area contributed by atoms with Gasteiger partial charge in [-0.2, -0.15) is 5.10 Å². The lowest BCUT2D eigenvalue weighted by molar-refractivity contribution is -0.122. The molecule has 2 fully saturated rings. The summed E-state index contributed by atoms with van der Waals surface area (Å²) in [5.74, 6) is 0.592. The number of aromatic nitrogens is 3. The van der Waals surface area contributed by atoms with Gasteiger partial charge in [-0.05, 0) is 45.0 Å². The summed E-state index contributed by atoms with van der Waals surface area (Å²) in [5, 5.41) is 11.0. The Hall–Kier alpha value is -2.98. The molecule has 34 heavy (non-hydrogen) atoms. The molecular formula is C24H34N6O4. The SMILES string of the molecule is CN1CCCN(Cc2ccc3n(c2=O)C[C@H]2C[C@@H]3CN(C(=O)c3cnn(C)c3)C2)CC1.O=CO. The number of rotatable bonds is 3. The molecule has 2 aromatic rings. The zero-order valence-electron chi connectivity index (χ0n) is 20.0. The number of hydrogen-bond acceptors (Lipinski definition) is 6. The average molecular weight is 471 g/mol. The van der Waals surface area contributed by atoms with Gasteiger partial charge >= 0.3 is 0 Å². The van der Waals surface area contributed by atoms with Gasteiger partial charge in [-0.15, -0.1) is 0 Å². The van der Waals surface area contributed by atoms with Crippen molar-refractivity contribution in [3.8, 4) is 0 Å². The molecule has 2 atom stereocenters. The second-order valence-electron chi connectivity index (χ2n) is 9.65. The van der Waals surface area contributed by atoms with Crippen molar-refractivity contribution >= 4 is 12.4 Å². The number of pyridine rings is 1. The summed E-state index contributed by atoms with van der Waals surface area (Å²) >= 11 is 0. The minimum atomic E-state index is -0.250. The number of piperidine rings is 1. The highest BCUT2D eigenvalue weighted by atomic mass is 16.3. The van der Waals surface area contributed by atoms with Crippen molar-refractivity contribution in [2.24, 2.45) is 13.0 Å². The molecule has 10 heteroatoms. The first-order valence-corrected chi connectivity index (χ1v) is 11.9. The fraction of sp³-hybridized carbons (Fsp3) is 0.583. The van der Waals surface area contributed by atoms with Crippen molar-refractivity contribution in [1.82, 2.24) is 29.0 Å². The van der Waals surface area contributed by atoms with E-state index in [1.165, 1.54) is 0 Å². The maximum atomic E-state index is 13.3. The summed E-state index contributed by atoms with van der Waals surface area (Å²) in [6, 6.07) is 4.17. The Kier molecular flexibility index (Phi) is 7.47. The zero-order valence-corrected chi connectivity index (χ0v) is 20.0. The molecule has 0 radical (unpaired) electrons. The van der Waals surface area contributed by atoms with Crippen LogP contribution in [0.2, 0.25) is 0 Å². The second kappa shape index (κ2) is 10.5. The highest BCUT2D eigenvalue weighted by Crippen LogP contribution is 2.35. The minimum absolute atomic E-state index is 0.0429. The summed E-state index contributed by atoms with van der Waals surface area (Å²) in [4.78, 5) is 41.4. The molecule has 2 saturated heterocycles. The molecule has 3 aliphatic heterocycles. The van der Waals surface area contributed by atoms with Gasteiger partial charge in [0.1, 0.15) is 0 Å². The van der Waals surface area contributed by atoms with Crippen molar-refractivity contribution in [2.45, 2.75) is 31.8 Å². The fourth-order valence-corrected chi connectivity index (χ4v) is 5.49. The number of hydrogen-bond donors (Lipinski definition) is 1. The maximum absolute atomic E-state index is 13.3. The Morgan fingerprint density at radius 2 is 1.94 bits per heavy atom. The van der Waals surface area contributed by atoms with Crippen LogP contribution in [0.1, 0.15) is 40.4 Å². The van der Waals surface area contributed by atoms with E-state index in [9.17, 15) is 9.59 Å². The standard InChI is InChI=1S/C23H32N6O2.CH2O2/c1-25-6-3-7-27(9-8-25)15-18-4-5-21-19-10-17(13-29(21)23(18)31)12-28(16-19)22(30)20-11-24-26(2)14-20;2-1-3/h4-5,11,14,17,19H,3,6-10,12-13,15-16H2,1-2H3;1H,(H,2,3)/t17-,19+;/m0./s1. The number of amides is 1. The predicted molar refractivity (Wildman–Crippen MR) is 127 cm³/mol. The van der Waals surface area contributed by atoms with Crippen LogP contribution >= 0.6 is 0 Å². The number of carboxylic acid groups (broad SMARTS) is 1. The number of likely N-dealkylation sites (N-methyl/N-ethyl adjacent to an activating group) is 1. The molecule has 5 rings (SSSR count). The normalized spacial score (nSPS) is 22.8. The van der Waals surface area contributed by atoms with Crippen LogP contribution in [0.3, 0.4) is 0 Å². The van der Waals surface area contributed by atoms with Crippen LogP contribution in [-0.2, 0) is 24.9 Å². The van der Waals surface area contributed by atoms with E-state index in [-0.39, 0.29) is 23.9 Å². The van der Waals surface area contributed by atoms with Crippen LogP contribution in [0.25, 0.3) is 0 Å². The van der Waals surface area contributed by atoms with Gasteiger partial charge in [0.15, 0.2) is 0 Å². The molecule has 0 aromatic carbocycles. The zero-order chi connectivity index (χ0) is 24.2. The first-order chi connectivity index (χ1) is 16.4. The van der Waals surface area contributed by atoms with Crippen LogP contribution in [0.5, 0.6) is 0 Å². The van der Waals surface area contributed by atoms with Crippen molar-refractivity contribution in [3.05, 3.63) is 51.7 Å². The van der Waals surface area contributed by atoms with Gasteiger partial charge in [0, 0.05) is 69.7 Å². The lowest BCUT2D eigenvalue weighted by atomic mass is 9.82. The molecule has 1 N–H and O–H groups in total. The summed E-state index contributed by atoms with van der Waals surface area (Å²) in [6.45, 7) is 6.79. The minimum Gasteiger partial charge on any atom is -0.483 e. The number of likely N-dealkylation sites (tertiary alicyclic amines) is 1. The number of carbonyl (C=O) groups excluding carboxylic acids is 1. The van der Waals surface area contributed by atoms with E-state index in [1.807, 2.05) is 22.6 Å². The number of nitrogens with zero attached hydrogens (tertiary/aromatic N) is 6. The van der Waals surface area contributed by atoms with Crippen molar-refractivity contribution in [1.29, 1.82) is 0 Å². The van der Waals surface area contributed by atoms with E-state index in [2.05, 4.69) is 28.0 Å². The van der Waals surface area contributed by atoms with E-state index in [0.717, 1.165) is 56.8 Å². The third kappa shape index (κ3) is 5.23. The van der Waals surface area contributed by atoms with Gasteiger partial charge in [-0.1, -0.05) is 6.07 Å². The molecule has 0 spiro atoms. The maximum Gasteiger partial charge on any atom is 0.290 e. The summed E-state index contributed by atoms with van der Waals surface area (Å²) < 4.78 is 3.67. The van der Waals surface area contributed by atoms with E-state index in [4.69, 9.17) is 9.90 Å². The number of carbonyl (C=O) groups is 2. The van der Waals surface area contributed by atoms with E-state index in [0.29, 0.717) is 31.1 Å². The van der Waals surface area contributed by atoms with Crippen LogP contribution in [0.15, 0.2) is 29.3 Å².